The van der Waals surface area contributed by atoms with Crippen LogP contribution in [0.5, 0.6) is 0 Å². The van der Waals surface area contributed by atoms with Gasteiger partial charge in [0.25, 0.3) is 11.8 Å². The average Bonchev–Trinajstić information content (AvgIpc) is 3.72. The van der Waals surface area contributed by atoms with E-state index in [1.807, 2.05) is 6.07 Å². The summed E-state index contributed by atoms with van der Waals surface area (Å²) in [4.78, 5) is 51.5. The molecule has 326 valence electrons. The topological polar surface area (TPSA) is 206 Å². The third kappa shape index (κ3) is 9.60. The Bertz CT molecular complexity index is 2680. The molecule has 2 aliphatic rings. The molecule has 0 unspecified atom stereocenters. The standard InChI is InChI=1S/C21H16Cl2FN3O3.C20H14Cl2FN3O3.CH4.H3N.H2O/c1-30-21(29)13-5-2-4-12(10-13)11-27-19(23)14-8-9-26(20(28)18(14)25-27)16-7-3-6-15(22)17(16)24;21-14-5-2-6-15(16(14)23)25-8-7-13-17(19(25)27)24-26(18(13)22)10-11-3-1-4-12(9-11)20(28)29;;;/h2-7,10H,8-9,11H2,1H3;1-6,9H,7-8,10H2,(H,28,29);1H4;1H3;1H2. The quantitative estimate of drug-likeness (QED) is 0.140. The van der Waals surface area contributed by atoms with E-state index < -0.39 is 35.4 Å². The molecule has 8 rings (SSSR count). The minimum absolute atomic E-state index is 0. The van der Waals surface area contributed by atoms with E-state index in [9.17, 15) is 28.0 Å². The van der Waals surface area contributed by atoms with Crippen LogP contribution in [-0.2, 0) is 30.7 Å². The van der Waals surface area contributed by atoms with E-state index in [-0.39, 0.29) is 83.6 Å². The Morgan fingerprint density at radius 2 is 1.10 bits per heavy atom. The molecule has 0 aliphatic carbocycles. The fourth-order valence-corrected chi connectivity index (χ4v) is 7.69. The highest BCUT2D eigenvalue weighted by Gasteiger charge is 2.34. The highest BCUT2D eigenvalue weighted by atomic mass is 35.5. The minimum Gasteiger partial charge on any atom is -0.478 e. The number of aromatic nitrogens is 4. The van der Waals surface area contributed by atoms with Crippen molar-refractivity contribution < 1.29 is 43.3 Å². The third-order valence-electron chi connectivity index (χ3n) is 9.66. The van der Waals surface area contributed by atoms with Gasteiger partial charge >= 0.3 is 11.9 Å². The molecular weight excluding hydrogens is 894 g/mol. The van der Waals surface area contributed by atoms with E-state index in [0.29, 0.717) is 45.4 Å². The molecule has 6 N–H and O–H groups in total. The lowest BCUT2D eigenvalue weighted by molar-refractivity contribution is 0.0599. The number of nitrogens with zero attached hydrogens (tertiary/aromatic N) is 6. The molecule has 62 heavy (non-hydrogen) atoms. The number of hydrogen-bond acceptors (Lipinski definition) is 8. The predicted molar refractivity (Wildman–Crippen MR) is 233 cm³/mol. The van der Waals surface area contributed by atoms with Crippen LogP contribution in [0.25, 0.3) is 0 Å². The lowest BCUT2D eigenvalue weighted by atomic mass is 10.1. The van der Waals surface area contributed by atoms with Gasteiger partial charge < -0.3 is 31.3 Å². The second kappa shape index (κ2) is 20.3. The molecule has 6 aromatic rings. The first-order chi connectivity index (χ1) is 28.3. The maximum atomic E-state index is 14.4. The van der Waals surface area contributed by atoms with Gasteiger partial charge in [-0.1, -0.05) is 90.2 Å². The fourth-order valence-electron chi connectivity index (χ4n) is 6.78. The number of fused-ring (bicyclic) bond motifs is 2. The molecular formula is C42H39Cl4F2N7O7. The monoisotopic (exact) mass is 931 g/mol. The van der Waals surface area contributed by atoms with E-state index in [1.165, 1.54) is 62.7 Å². The van der Waals surface area contributed by atoms with Gasteiger partial charge in [0.1, 0.15) is 10.3 Å². The third-order valence-corrected chi connectivity index (χ3v) is 11.1. The number of carbonyl (C=O) groups is 4. The summed E-state index contributed by atoms with van der Waals surface area (Å²) in [5.41, 5.74) is 3.72. The molecule has 0 atom stereocenters. The number of carboxylic acids is 1. The van der Waals surface area contributed by atoms with Crippen molar-refractivity contribution in [2.75, 3.05) is 30.0 Å². The summed E-state index contributed by atoms with van der Waals surface area (Å²) in [6.45, 7) is 0.955. The molecule has 0 saturated heterocycles. The Kier molecular flexibility index (Phi) is 16.0. The molecule has 0 saturated carbocycles. The van der Waals surface area contributed by atoms with Gasteiger partial charge in [0.2, 0.25) is 0 Å². The number of ether oxygens (including phenoxy) is 1. The second-order valence-electron chi connectivity index (χ2n) is 13.3. The number of carbonyl (C=O) groups excluding carboxylic acids is 3. The Labute approximate surface area is 374 Å². The maximum Gasteiger partial charge on any atom is 0.337 e. The Morgan fingerprint density at radius 3 is 1.52 bits per heavy atom. The van der Waals surface area contributed by atoms with Crippen molar-refractivity contribution in [2.24, 2.45) is 0 Å². The zero-order valence-electron chi connectivity index (χ0n) is 32.0. The summed E-state index contributed by atoms with van der Waals surface area (Å²) in [7, 11) is 1.31. The van der Waals surface area contributed by atoms with Gasteiger partial charge in [-0.25, -0.2) is 27.7 Å². The second-order valence-corrected chi connectivity index (χ2v) is 14.8. The highest BCUT2D eigenvalue weighted by molar-refractivity contribution is 6.32. The van der Waals surface area contributed by atoms with Crippen LogP contribution in [0.15, 0.2) is 84.9 Å². The average molecular weight is 934 g/mol. The molecule has 2 aliphatic heterocycles. The highest BCUT2D eigenvalue weighted by Crippen LogP contribution is 2.34. The van der Waals surface area contributed by atoms with Gasteiger partial charge in [-0.3, -0.25) is 9.59 Å². The van der Waals surface area contributed by atoms with Crippen molar-refractivity contribution in [2.45, 2.75) is 33.4 Å². The molecule has 20 heteroatoms. The molecule has 0 radical (unpaired) electrons. The number of amides is 2. The zero-order chi connectivity index (χ0) is 42.1. The largest absolute Gasteiger partial charge is 0.478 e. The molecule has 4 aromatic carbocycles. The Morgan fingerprint density at radius 1 is 0.694 bits per heavy atom. The molecule has 0 bridgehead atoms. The molecule has 4 heterocycles. The fraction of sp³-hybridized carbons (Fsp3) is 0.190. The van der Waals surface area contributed by atoms with Gasteiger partial charge in [0, 0.05) is 24.2 Å². The van der Waals surface area contributed by atoms with Crippen LogP contribution in [0.4, 0.5) is 20.2 Å². The smallest absolute Gasteiger partial charge is 0.337 e. The normalized spacial score (nSPS) is 12.8. The van der Waals surface area contributed by atoms with Crippen LogP contribution in [-0.4, -0.2) is 74.1 Å². The van der Waals surface area contributed by atoms with Crippen molar-refractivity contribution in [1.82, 2.24) is 25.7 Å². The van der Waals surface area contributed by atoms with Crippen LogP contribution in [0.1, 0.15) is 71.4 Å². The van der Waals surface area contributed by atoms with Crippen molar-refractivity contribution in [3.63, 3.8) is 0 Å². The summed E-state index contributed by atoms with van der Waals surface area (Å²) in [6, 6.07) is 22.2. The van der Waals surface area contributed by atoms with Crippen LogP contribution in [0.2, 0.25) is 20.4 Å². The van der Waals surface area contributed by atoms with Gasteiger partial charge in [-0.05, 0) is 72.5 Å². The van der Waals surface area contributed by atoms with Gasteiger partial charge in [-0.2, -0.15) is 10.2 Å². The zero-order valence-corrected chi connectivity index (χ0v) is 35.0. The molecule has 2 aromatic heterocycles. The van der Waals surface area contributed by atoms with Crippen LogP contribution >= 0.6 is 46.4 Å². The van der Waals surface area contributed by atoms with E-state index >= 15 is 0 Å². The number of carboxylic acid groups (broad SMARTS) is 1. The van der Waals surface area contributed by atoms with Crippen LogP contribution in [0, 0.1) is 11.6 Å². The van der Waals surface area contributed by atoms with Crippen molar-refractivity contribution >= 4 is 81.5 Å². The Balaban J connectivity index is 0.000000260. The first kappa shape index (κ1) is 48.8. The van der Waals surface area contributed by atoms with Gasteiger partial charge in [0.15, 0.2) is 23.0 Å². The van der Waals surface area contributed by atoms with E-state index in [0.717, 1.165) is 5.56 Å². The number of esters is 1. The number of anilines is 2. The van der Waals surface area contributed by atoms with E-state index in [1.54, 1.807) is 42.5 Å². The van der Waals surface area contributed by atoms with E-state index in [2.05, 4.69) is 10.2 Å². The predicted octanol–water partition coefficient (Wildman–Crippen LogP) is 8.62. The van der Waals surface area contributed by atoms with Crippen molar-refractivity contribution in [3.05, 3.63) is 162 Å². The Hall–Kier alpha value is -5.88. The summed E-state index contributed by atoms with van der Waals surface area (Å²) >= 11 is 24.6. The molecule has 0 spiro atoms. The van der Waals surface area contributed by atoms with Crippen molar-refractivity contribution in [3.8, 4) is 0 Å². The molecule has 14 nitrogen and oxygen atoms in total. The van der Waals surface area contributed by atoms with Gasteiger partial charge in [0.05, 0.1) is 52.7 Å². The van der Waals surface area contributed by atoms with Crippen LogP contribution < -0.4 is 16.0 Å². The summed E-state index contributed by atoms with van der Waals surface area (Å²) in [6.07, 6.45) is 0.828. The van der Waals surface area contributed by atoms with Gasteiger partial charge in [-0.15, -0.1) is 0 Å². The number of rotatable bonds is 8. The number of methoxy groups -OCH3 is 1. The maximum absolute atomic E-state index is 14.4. The lowest BCUT2D eigenvalue weighted by Gasteiger charge is -2.26. The first-order valence-corrected chi connectivity index (χ1v) is 19.3. The summed E-state index contributed by atoms with van der Waals surface area (Å²) in [5, 5.41) is 18.4. The first-order valence-electron chi connectivity index (χ1n) is 17.8. The number of halogens is 6. The van der Waals surface area contributed by atoms with Crippen LogP contribution in [0.3, 0.4) is 0 Å². The SMILES string of the molecule is C.COC(=O)c1cccc(Cn2nc3c(c2Cl)CCN(c2cccc(Cl)c2F)C3=O)c1.N.O.O=C(O)c1cccc(Cn2nc3c(c2Cl)CCN(c2cccc(Cl)c2F)C3=O)c1. The number of benzene rings is 4. The van der Waals surface area contributed by atoms with E-state index in [4.69, 9.17) is 56.2 Å². The molecule has 2 amide bonds. The summed E-state index contributed by atoms with van der Waals surface area (Å²) in [5.74, 6) is -3.71. The number of hydrogen-bond donors (Lipinski definition) is 2. The summed E-state index contributed by atoms with van der Waals surface area (Å²) < 4.78 is 36.5. The minimum atomic E-state index is -1.04. The van der Waals surface area contributed by atoms with Crippen molar-refractivity contribution in [1.29, 1.82) is 0 Å². The lowest BCUT2D eigenvalue weighted by Crippen LogP contribution is -2.38. The number of aromatic carboxylic acids is 1. The molecule has 0 fully saturated rings.